The first-order valence-corrected chi connectivity index (χ1v) is 10.3. The number of nitrogens with zero attached hydrogens (tertiary/aromatic N) is 2. The van der Waals surface area contributed by atoms with Crippen LogP contribution in [-0.4, -0.2) is 40.5 Å². The van der Waals surface area contributed by atoms with E-state index in [-0.39, 0.29) is 11.7 Å². The van der Waals surface area contributed by atoms with Crippen molar-refractivity contribution in [2.24, 2.45) is 0 Å². The van der Waals surface area contributed by atoms with Gasteiger partial charge >= 0.3 is 0 Å². The molecule has 2 N–H and O–H groups in total. The summed E-state index contributed by atoms with van der Waals surface area (Å²) in [6, 6.07) is 6.03. The van der Waals surface area contributed by atoms with Gasteiger partial charge in [0.1, 0.15) is 5.82 Å². The van der Waals surface area contributed by atoms with Gasteiger partial charge in [0.15, 0.2) is 5.13 Å². The number of hydrogen-bond acceptors (Lipinski definition) is 5. The van der Waals surface area contributed by atoms with E-state index in [9.17, 15) is 14.3 Å². The standard InChI is InChI=1S/C20H24FN3O2S/c21-15-7-5-14(6-8-15)20(26)9-11-24(12-10-20)13-18(25)23-19-22-16-3-1-2-4-17(16)27-19/h5-8,26H,1-4,9-13H2,(H,22,23,25). The number of likely N-dealkylation sites (tertiary alicyclic amines) is 1. The Bertz CT molecular complexity index is 790. The molecule has 0 atom stereocenters. The molecule has 27 heavy (non-hydrogen) atoms. The average molecular weight is 389 g/mol. The lowest BCUT2D eigenvalue weighted by Crippen LogP contribution is -2.45. The van der Waals surface area contributed by atoms with Crippen molar-refractivity contribution in [1.82, 2.24) is 9.88 Å². The summed E-state index contributed by atoms with van der Waals surface area (Å²) >= 11 is 1.59. The number of halogens is 1. The molecule has 1 aromatic carbocycles. The minimum absolute atomic E-state index is 0.0617. The molecule has 2 aromatic rings. The Morgan fingerprint density at radius 1 is 1.22 bits per heavy atom. The van der Waals surface area contributed by atoms with Crippen LogP contribution in [-0.2, 0) is 23.2 Å². The Balaban J connectivity index is 1.30. The zero-order chi connectivity index (χ0) is 18.9. The number of aliphatic hydroxyl groups is 1. The molecule has 1 aliphatic heterocycles. The van der Waals surface area contributed by atoms with Crippen LogP contribution in [0.1, 0.15) is 41.8 Å². The predicted molar refractivity (Wildman–Crippen MR) is 103 cm³/mol. The lowest BCUT2D eigenvalue weighted by Gasteiger charge is -2.38. The van der Waals surface area contributed by atoms with Crippen LogP contribution in [0.2, 0.25) is 0 Å². The fourth-order valence-corrected chi connectivity index (χ4v) is 4.96. The number of nitrogens with one attached hydrogen (secondary N) is 1. The highest BCUT2D eigenvalue weighted by molar-refractivity contribution is 7.15. The Kier molecular flexibility index (Phi) is 5.25. The van der Waals surface area contributed by atoms with Crippen molar-refractivity contribution in [3.05, 3.63) is 46.2 Å². The van der Waals surface area contributed by atoms with Gasteiger partial charge in [0, 0.05) is 18.0 Å². The Morgan fingerprint density at radius 3 is 2.63 bits per heavy atom. The molecule has 0 radical (unpaired) electrons. The highest BCUT2D eigenvalue weighted by Crippen LogP contribution is 2.33. The third kappa shape index (κ3) is 4.20. The first-order valence-electron chi connectivity index (χ1n) is 9.51. The van der Waals surface area contributed by atoms with Gasteiger partial charge in [0.2, 0.25) is 5.91 Å². The molecule has 1 amide bonds. The van der Waals surface area contributed by atoms with Gasteiger partial charge in [-0.2, -0.15) is 0 Å². The minimum atomic E-state index is -0.949. The Labute approximate surface area is 162 Å². The second-order valence-corrected chi connectivity index (χ2v) is 8.54. The van der Waals surface area contributed by atoms with Gasteiger partial charge in [0.25, 0.3) is 0 Å². The molecule has 144 valence electrons. The molecule has 0 saturated carbocycles. The molecule has 1 aliphatic carbocycles. The summed E-state index contributed by atoms with van der Waals surface area (Å²) in [6.45, 7) is 1.54. The maximum absolute atomic E-state index is 13.1. The number of fused-ring (bicyclic) bond motifs is 1. The van der Waals surface area contributed by atoms with E-state index >= 15 is 0 Å². The monoisotopic (exact) mass is 389 g/mol. The molecule has 1 fully saturated rings. The van der Waals surface area contributed by atoms with E-state index < -0.39 is 5.60 Å². The van der Waals surface area contributed by atoms with Crippen LogP contribution < -0.4 is 5.32 Å². The lowest BCUT2D eigenvalue weighted by molar-refractivity contribution is -0.118. The maximum atomic E-state index is 13.1. The van der Waals surface area contributed by atoms with Gasteiger partial charge < -0.3 is 10.4 Å². The number of aromatic nitrogens is 1. The van der Waals surface area contributed by atoms with Crippen LogP contribution in [0, 0.1) is 5.82 Å². The molecule has 4 rings (SSSR count). The van der Waals surface area contributed by atoms with Gasteiger partial charge in [-0.15, -0.1) is 11.3 Å². The Morgan fingerprint density at radius 2 is 1.93 bits per heavy atom. The summed E-state index contributed by atoms with van der Waals surface area (Å²) in [4.78, 5) is 20.3. The number of hydrogen-bond donors (Lipinski definition) is 2. The van der Waals surface area contributed by atoms with Crippen LogP contribution in [0.25, 0.3) is 0 Å². The number of amides is 1. The number of piperidine rings is 1. The highest BCUT2D eigenvalue weighted by atomic mass is 32.1. The van der Waals surface area contributed by atoms with E-state index in [2.05, 4.69) is 10.3 Å². The lowest BCUT2D eigenvalue weighted by atomic mass is 9.84. The van der Waals surface area contributed by atoms with E-state index in [0.29, 0.717) is 37.6 Å². The molecule has 0 spiro atoms. The third-order valence-electron chi connectivity index (χ3n) is 5.52. The number of carbonyl (C=O) groups is 1. The smallest absolute Gasteiger partial charge is 0.240 e. The second-order valence-electron chi connectivity index (χ2n) is 7.46. The number of anilines is 1. The van der Waals surface area contributed by atoms with Crippen molar-refractivity contribution < 1.29 is 14.3 Å². The van der Waals surface area contributed by atoms with E-state index in [1.54, 1.807) is 23.5 Å². The molecule has 2 heterocycles. The second kappa shape index (κ2) is 7.66. The normalized spacial score (nSPS) is 19.5. The van der Waals surface area contributed by atoms with Gasteiger partial charge in [-0.3, -0.25) is 9.69 Å². The van der Waals surface area contributed by atoms with E-state index in [1.165, 1.54) is 29.9 Å². The van der Waals surface area contributed by atoms with Crippen LogP contribution in [0.4, 0.5) is 9.52 Å². The molecule has 0 unspecified atom stereocenters. The average Bonchev–Trinajstić information content (AvgIpc) is 3.06. The summed E-state index contributed by atoms with van der Waals surface area (Å²) in [7, 11) is 0. The first-order chi connectivity index (χ1) is 13.0. The molecule has 5 nitrogen and oxygen atoms in total. The van der Waals surface area contributed by atoms with Gasteiger partial charge in [-0.1, -0.05) is 12.1 Å². The number of carbonyl (C=O) groups excluding carboxylic acids is 1. The quantitative estimate of drug-likeness (QED) is 0.843. The Hall–Kier alpha value is -1.83. The summed E-state index contributed by atoms with van der Waals surface area (Å²) in [5, 5.41) is 14.5. The number of thiazole rings is 1. The van der Waals surface area contributed by atoms with Crippen molar-refractivity contribution in [3.8, 4) is 0 Å². The molecule has 2 aliphatic rings. The van der Waals surface area contributed by atoms with Crippen molar-refractivity contribution in [3.63, 3.8) is 0 Å². The van der Waals surface area contributed by atoms with E-state index in [0.717, 1.165) is 24.1 Å². The molecule has 0 bridgehead atoms. The maximum Gasteiger partial charge on any atom is 0.240 e. The topological polar surface area (TPSA) is 65.5 Å². The number of aryl methyl sites for hydroxylation is 2. The molecule has 7 heteroatoms. The van der Waals surface area contributed by atoms with Crippen molar-refractivity contribution in [2.45, 2.75) is 44.1 Å². The van der Waals surface area contributed by atoms with E-state index in [4.69, 9.17) is 0 Å². The predicted octanol–water partition coefficient (Wildman–Crippen LogP) is 3.08. The summed E-state index contributed by atoms with van der Waals surface area (Å²) in [5.41, 5.74) is 0.930. The minimum Gasteiger partial charge on any atom is -0.385 e. The van der Waals surface area contributed by atoms with Gasteiger partial charge in [0.05, 0.1) is 17.8 Å². The molecular weight excluding hydrogens is 365 g/mol. The number of benzene rings is 1. The van der Waals surface area contributed by atoms with E-state index in [1.807, 2.05) is 4.90 Å². The molecule has 1 aromatic heterocycles. The van der Waals surface area contributed by atoms with Crippen molar-refractivity contribution in [1.29, 1.82) is 0 Å². The largest absolute Gasteiger partial charge is 0.385 e. The third-order valence-corrected chi connectivity index (χ3v) is 6.60. The SMILES string of the molecule is O=C(CN1CCC(O)(c2ccc(F)cc2)CC1)Nc1nc2c(s1)CCCC2. The summed E-state index contributed by atoms with van der Waals surface area (Å²) < 4.78 is 13.1. The fourth-order valence-electron chi connectivity index (χ4n) is 3.90. The fraction of sp³-hybridized carbons (Fsp3) is 0.500. The summed E-state index contributed by atoms with van der Waals surface area (Å²) in [6.07, 6.45) is 5.50. The first kappa shape index (κ1) is 18.5. The van der Waals surface area contributed by atoms with Crippen LogP contribution >= 0.6 is 11.3 Å². The van der Waals surface area contributed by atoms with Gasteiger partial charge in [-0.25, -0.2) is 9.37 Å². The van der Waals surface area contributed by atoms with Crippen molar-refractivity contribution in [2.75, 3.05) is 25.0 Å². The summed E-state index contributed by atoms with van der Waals surface area (Å²) in [5.74, 6) is -0.367. The molecule has 1 saturated heterocycles. The van der Waals surface area contributed by atoms with Crippen LogP contribution in [0.15, 0.2) is 24.3 Å². The van der Waals surface area contributed by atoms with Crippen molar-refractivity contribution >= 4 is 22.4 Å². The van der Waals surface area contributed by atoms with Gasteiger partial charge in [-0.05, 0) is 56.2 Å². The van der Waals surface area contributed by atoms with Crippen LogP contribution in [0.5, 0.6) is 0 Å². The zero-order valence-electron chi connectivity index (χ0n) is 15.2. The zero-order valence-corrected chi connectivity index (χ0v) is 16.0. The number of rotatable bonds is 4. The van der Waals surface area contributed by atoms with Crippen LogP contribution in [0.3, 0.4) is 0 Å². The molecular formula is C20H24FN3O2S. The highest BCUT2D eigenvalue weighted by Gasteiger charge is 2.34.